The van der Waals surface area contributed by atoms with Crippen LogP contribution in [0.25, 0.3) is 10.8 Å². The number of thiol groups is 1. The van der Waals surface area contributed by atoms with E-state index >= 15 is 0 Å². The van der Waals surface area contributed by atoms with Crippen molar-refractivity contribution in [3.8, 4) is 0 Å². The first-order valence-corrected chi connectivity index (χ1v) is 6.89. The zero-order chi connectivity index (χ0) is 13.9. The van der Waals surface area contributed by atoms with Gasteiger partial charge in [0.15, 0.2) is 6.20 Å². The number of pyridine rings is 1. The number of Topliss-reactive ketones (excluding diaryl/α,β-unsaturated/α-hetero) is 1. The number of carbonyl (C=O) groups excluding carboxylic acids is 1. The molecule has 1 heterocycles. The minimum atomic E-state index is 0.0844. The van der Waals surface area contributed by atoms with Crippen LogP contribution in [0.4, 0.5) is 0 Å². The number of nitrogens with zero attached hydrogens (tertiary/aromatic N) is 1. The number of fused-ring (bicyclic) bond motifs is 1. The molecule has 2 aromatic carbocycles. The maximum Gasteiger partial charge on any atom is 0.245 e. The second-order valence-corrected chi connectivity index (χ2v) is 5.07. The first kappa shape index (κ1) is 12.9. The molecule has 0 bridgehead atoms. The van der Waals surface area contributed by atoms with Crippen LogP contribution in [0.1, 0.15) is 10.4 Å². The van der Waals surface area contributed by atoms with Crippen LogP contribution in [0.15, 0.2) is 71.9 Å². The van der Waals surface area contributed by atoms with E-state index in [4.69, 9.17) is 0 Å². The minimum Gasteiger partial charge on any atom is -0.287 e. The molecular weight excluding hydrogens is 266 g/mol. The van der Waals surface area contributed by atoms with E-state index in [1.165, 1.54) is 0 Å². The molecular formula is C17H14NOS+. The largest absolute Gasteiger partial charge is 0.287 e. The Hall–Kier alpha value is -2.13. The molecule has 0 spiro atoms. The molecule has 0 aliphatic heterocycles. The smallest absolute Gasteiger partial charge is 0.245 e. The van der Waals surface area contributed by atoms with E-state index in [0.717, 1.165) is 21.4 Å². The monoisotopic (exact) mass is 280 g/mol. The molecule has 0 N–H and O–H groups in total. The summed E-state index contributed by atoms with van der Waals surface area (Å²) in [6, 6.07) is 19.4. The first-order valence-electron chi connectivity index (χ1n) is 6.44. The van der Waals surface area contributed by atoms with E-state index in [0.29, 0.717) is 6.54 Å². The van der Waals surface area contributed by atoms with Crippen molar-refractivity contribution in [2.24, 2.45) is 0 Å². The average molecular weight is 280 g/mol. The average Bonchev–Trinajstić information content (AvgIpc) is 2.51. The van der Waals surface area contributed by atoms with Crippen molar-refractivity contribution in [3.05, 3.63) is 72.4 Å². The second kappa shape index (κ2) is 5.47. The fourth-order valence-corrected chi connectivity index (χ4v) is 2.58. The number of hydrogen-bond donors (Lipinski definition) is 1. The lowest BCUT2D eigenvalue weighted by molar-refractivity contribution is -0.717. The Morgan fingerprint density at radius 2 is 1.65 bits per heavy atom. The van der Waals surface area contributed by atoms with Crippen LogP contribution < -0.4 is 4.57 Å². The van der Waals surface area contributed by atoms with Crippen LogP contribution >= 0.6 is 12.6 Å². The Balaban J connectivity index is 1.95. The lowest BCUT2D eigenvalue weighted by atomic mass is 10.1. The molecule has 0 amide bonds. The number of ketones is 1. The van der Waals surface area contributed by atoms with Gasteiger partial charge >= 0.3 is 0 Å². The van der Waals surface area contributed by atoms with E-state index in [1.54, 1.807) is 0 Å². The van der Waals surface area contributed by atoms with Gasteiger partial charge in [-0.25, -0.2) is 0 Å². The fourth-order valence-electron chi connectivity index (χ4n) is 2.24. The minimum absolute atomic E-state index is 0.0844. The van der Waals surface area contributed by atoms with Crippen molar-refractivity contribution in [2.75, 3.05) is 0 Å². The molecule has 0 fully saturated rings. The lowest BCUT2D eigenvalue weighted by Gasteiger charge is -2.03. The molecule has 0 unspecified atom stereocenters. The van der Waals surface area contributed by atoms with Crippen molar-refractivity contribution in [1.29, 1.82) is 0 Å². The maximum atomic E-state index is 12.2. The second-order valence-electron chi connectivity index (χ2n) is 4.64. The van der Waals surface area contributed by atoms with Crippen LogP contribution in [-0.2, 0) is 6.54 Å². The molecule has 3 aromatic rings. The molecule has 1 aromatic heterocycles. The van der Waals surface area contributed by atoms with E-state index in [2.05, 4.69) is 12.6 Å². The molecule has 0 saturated carbocycles. The highest BCUT2D eigenvalue weighted by atomic mass is 32.1. The van der Waals surface area contributed by atoms with Gasteiger partial charge in [0.2, 0.25) is 17.4 Å². The number of carbonyl (C=O) groups is 1. The van der Waals surface area contributed by atoms with E-state index in [9.17, 15) is 4.79 Å². The zero-order valence-corrected chi connectivity index (χ0v) is 11.8. The van der Waals surface area contributed by atoms with Crippen LogP contribution in [0.2, 0.25) is 0 Å². The summed E-state index contributed by atoms with van der Waals surface area (Å²) in [5.74, 6) is 0.0844. The van der Waals surface area contributed by atoms with Gasteiger partial charge in [0, 0.05) is 11.6 Å². The van der Waals surface area contributed by atoms with Crippen LogP contribution in [0.5, 0.6) is 0 Å². The van der Waals surface area contributed by atoms with Crippen LogP contribution in [-0.4, -0.2) is 5.78 Å². The standard InChI is InChI=1S/C17H13NOS/c19-16(14-7-2-1-3-8-14)12-18-11-10-13-6-4-5-9-15(13)17(18)20/h1-11H,12H2/p+1. The van der Waals surface area contributed by atoms with Crippen LogP contribution in [0.3, 0.4) is 0 Å². The Bertz CT molecular complexity index is 768. The molecule has 0 aliphatic carbocycles. The molecule has 0 atom stereocenters. The van der Waals surface area contributed by atoms with E-state index in [-0.39, 0.29) is 5.78 Å². The highest BCUT2D eigenvalue weighted by Crippen LogP contribution is 2.17. The van der Waals surface area contributed by atoms with Crippen molar-refractivity contribution in [2.45, 2.75) is 11.6 Å². The van der Waals surface area contributed by atoms with Gasteiger partial charge in [-0.1, -0.05) is 61.2 Å². The number of rotatable bonds is 3. The van der Waals surface area contributed by atoms with Gasteiger partial charge in [-0.3, -0.25) is 4.79 Å². The highest BCUT2D eigenvalue weighted by molar-refractivity contribution is 7.80. The Kier molecular flexibility index (Phi) is 3.52. The molecule has 0 aliphatic rings. The van der Waals surface area contributed by atoms with Crippen molar-refractivity contribution < 1.29 is 9.36 Å². The lowest BCUT2D eigenvalue weighted by Crippen LogP contribution is -2.39. The van der Waals surface area contributed by atoms with Crippen molar-refractivity contribution >= 4 is 29.2 Å². The number of benzene rings is 2. The van der Waals surface area contributed by atoms with Crippen molar-refractivity contribution in [1.82, 2.24) is 0 Å². The molecule has 20 heavy (non-hydrogen) atoms. The fraction of sp³-hybridized carbons (Fsp3) is 0.0588. The van der Waals surface area contributed by atoms with Gasteiger partial charge in [0.1, 0.15) is 0 Å². The van der Waals surface area contributed by atoms with Gasteiger partial charge in [0.05, 0.1) is 5.39 Å². The Labute approximate surface area is 123 Å². The molecule has 98 valence electrons. The third kappa shape index (κ3) is 2.45. The quantitative estimate of drug-likeness (QED) is 0.443. The molecule has 2 nitrogen and oxygen atoms in total. The summed E-state index contributed by atoms with van der Waals surface area (Å²) in [5, 5.41) is 2.99. The SMILES string of the molecule is O=C(C[n+]1ccc2ccccc2c1S)c1ccccc1. The molecule has 0 saturated heterocycles. The first-order chi connectivity index (χ1) is 9.75. The summed E-state index contributed by atoms with van der Waals surface area (Å²) in [6.07, 6.45) is 1.91. The van der Waals surface area contributed by atoms with Gasteiger partial charge in [-0.2, -0.15) is 4.57 Å². The molecule has 3 rings (SSSR count). The predicted molar refractivity (Wildman–Crippen MR) is 82.2 cm³/mol. The number of hydrogen-bond acceptors (Lipinski definition) is 2. The summed E-state index contributed by atoms with van der Waals surface area (Å²) in [4.78, 5) is 12.2. The summed E-state index contributed by atoms with van der Waals surface area (Å²) < 4.78 is 1.88. The topological polar surface area (TPSA) is 20.9 Å². The summed E-state index contributed by atoms with van der Waals surface area (Å²) in [6.45, 7) is 0.299. The number of aromatic nitrogens is 1. The maximum absolute atomic E-state index is 12.2. The normalized spacial score (nSPS) is 10.7. The Morgan fingerprint density at radius 3 is 2.45 bits per heavy atom. The third-order valence-electron chi connectivity index (χ3n) is 3.32. The van der Waals surface area contributed by atoms with Crippen LogP contribution in [0, 0.1) is 0 Å². The highest BCUT2D eigenvalue weighted by Gasteiger charge is 2.16. The summed E-state index contributed by atoms with van der Waals surface area (Å²) in [7, 11) is 0. The molecule has 0 radical (unpaired) electrons. The van der Waals surface area contributed by atoms with E-state index < -0.39 is 0 Å². The van der Waals surface area contributed by atoms with Gasteiger partial charge in [0.25, 0.3) is 0 Å². The van der Waals surface area contributed by atoms with Crippen molar-refractivity contribution in [3.63, 3.8) is 0 Å². The summed E-state index contributed by atoms with van der Waals surface area (Å²) >= 11 is 4.56. The Morgan fingerprint density at radius 1 is 0.950 bits per heavy atom. The third-order valence-corrected chi connectivity index (χ3v) is 3.82. The van der Waals surface area contributed by atoms with Gasteiger partial charge in [-0.05, 0) is 11.5 Å². The van der Waals surface area contributed by atoms with E-state index in [1.807, 2.05) is 71.4 Å². The summed E-state index contributed by atoms with van der Waals surface area (Å²) in [5.41, 5.74) is 0.723. The van der Waals surface area contributed by atoms with Gasteiger partial charge in [-0.15, -0.1) is 0 Å². The molecule has 3 heteroatoms. The van der Waals surface area contributed by atoms with Gasteiger partial charge < -0.3 is 0 Å². The zero-order valence-electron chi connectivity index (χ0n) is 10.9. The predicted octanol–water partition coefficient (Wildman–Crippen LogP) is 3.30.